The maximum atomic E-state index is 13.4. The average Bonchev–Trinajstić information content (AvgIpc) is 3.32. The Hall–Kier alpha value is -2.30. The zero-order chi connectivity index (χ0) is 20.0. The number of esters is 1. The van der Waals surface area contributed by atoms with Gasteiger partial charge in [-0.2, -0.15) is 0 Å². The molecule has 1 aliphatic heterocycles. The first-order valence-electron chi connectivity index (χ1n) is 11.2. The SMILES string of the molecule is CCOC(=O)CCn1ccc2cc(C(=O)N3CC4CC5CCCC3C5C4)ccc21. The lowest BCUT2D eigenvalue weighted by Gasteiger charge is -2.44. The second-order valence-corrected chi connectivity index (χ2v) is 9.05. The van der Waals surface area contributed by atoms with Gasteiger partial charge < -0.3 is 14.2 Å². The maximum absolute atomic E-state index is 13.4. The molecule has 2 aromatic rings. The average molecular weight is 395 g/mol. The molecule has 0 spiro atoms. The smallest absolute Gasteiger partial charge is 0.307 e. The minimum Gasteiger partial charge on any atom is -0.466 e. The second kappa shape index (κ2) is 7.51. The van der Waals surface area contributed by atoms with E-state index in [1.165, 1.54) is 32.1 Å². The van der Waals surface area contributed by atoms with E-state index < -0.39 is 0 Å². The maximum Gasteiger partial charge on any atom is 0.307 e. The van der Waals surface area contributed by atoms with E-state index in [1.807, 2.05) is 37.4 Å². The fourth-order valence-corrected chi connectivity index (χ4v) is 6.20. The number of ether oxygens (including phenoxy) is 1. The molecule has 29 heavy (non-hydrogen) atoms. The van der Waals surface area contributed by atoms with Crippen molar-refractivity contribution in [3.8, 4) is 0 Å². The van der Waals surface area contributed by atoms with E-state index in [4.69, 9.17) is 4.74 Å². The summed E-state index contributed by atoms with van der Waals surface area (Å²) in [6.45, 7) is 3.77. The number of carbonyl (C=O) groups is 2. The topological polar surface area (TPSA) is 51.5 Å². The van der Waals surface area contributed by atoms with Gasteiger partial charge in [-0.25, -0.2) is 0 Å². The fourth-order valence-electron chi connectivity index (χ4n) is 6.20. The Morgan fingerprint density at radius 2 is 2.07 bits per heavy atom. The van der Waals surface area contributed by atoms with Crippen molar-refractivity contribution in [1.29, 1.82) is 0 Å². The molecule has 1 aromatic heterocycles. The summed E-state index contributed by atoms with van der Waals surface area (Å²) in [6, 6.07) is 8.49. The molecule has 4 atom stereocenters. The van der Waals surface area contributed by atoms with Gasteiger partial charge in [-0.15, -0.1) is 0 Å². The summed E-state index contributed by atoms with van der Waals surface area (Å²) in [4.78, 5) is 27.3. The molecule has 154 valence electrons. The largest absolute Gasteiger partial charge is 0.466 e. The molecule has 4 unspecified atom stereocenters. The third kappa shape index (κ3) is 3.34. The van der Waals surface area contributed by atoms with E-state index in [9.17, 15) is 9.59 Å². The molecule has 5 heteroatoms. The predicted octanol–water partition coefficient (Wildman–Crippen LogP) is 4.25. The van der Waals surface area contributed by atoms with E-state index in [0.717, 1.165) is 34.8 Å². The number of hydrogen-bond acceptors (Lipinski definition) is 3. The third-order valence-electron chi connectivity index (χ3n) is 7.41. The normalized spacial score (nSPS) is 28.0. The van der Waals surface area contributed by atoms with Crippen LogP contribution in [0.1, 0.15) is 55.8 Å². The molecule has 1 aromatic carbocycles. The Labute approximate surface area is 172 Å². The van der Waals surface area contributed by atoms with E-state index in [-0.39, 0.29) is 11.9 Å². The molecule has 2 bridgehead atoms. The number of likely N-dealkylation sites (tertiary alicyclic amines) is 1. The highest BCUT2D eigenvalue weighted by molar-refractivity contribution is 5.98. The highest BCUT2D eigenvalue weighted by Gasteiger charge is 2.49. The number of piperidine rings is 1. The van der Waals surface area contributed by atoms with Gasteiger partial charge in [-0.3, -0.25) is 9.59 Å². The van der Waals surface area contributed by atoms with Crippen LogP contribution in [0.15, 0.2) is 30.5 Å². The van der Waals surface area contributed by atoms with Gasteiger partial charge in [0.1, 0.15) is 0 Å². The van der Waals surface area contributed by atoms with Crippen molar-refractivity contribution >= 4 is 22.8 Å². The lowest BCUT2D eigenvalue weighted by Crippen LogP contribution is -2.50. The summed E-state index contributed by atoms with van der Waals surface area (Å²) in [7, 11) is 0. The first-order chi connectivity index (χ1) is 14.1. The molecule has 5 nitrogen and oxygen atoms in total. The third-order valence-corrected chi connectivity index (χ3v) is 7.41. The summed E-state index contributed by atoms with van der Waals surface area (Å²) in [5.74, 6) is 2.32. The standard InChI is InChI=1S/C24H30N2O3/c1-2-29-23(27)9-11-25-10-8-18-14-19(6-7-21(18)25)24(28)26-15-16-12-17-4-3-5-22(26)20(17)13-16/h6-8,10,14,16-17,20,22H,2-5,9,11-13,15H2,1H3. The second-order valence-electron chi connectivity index (χ2n) is 9.05. The quantitative estimate of drug-likeness (QED) is 0.713. The van der Waals surface area contributed by atoms with E-state index in [0.29, 0.717) is 31.5 Å². The van der Waals surface area contributed by atoms with Gasteiger partial charge in [0.15, 0.2) is 0 Å². The van der Waals surface area contributed by atoms with Crippen molar-refractivity contribution < 1.29 is 14.3 Å². The van der Waals surface area contributed by atoms with Crippen LogP contribution in [-0.4, -0.2) is 40.5 Å². The fraction of sp³-hybridized carbons (Fsp3) is 0.583. The molecular formula is C24H30N2O3. The molecule has 0 radical (unpaired) electrons. The summed E-state index contributed by atoms with van der Waals surface area (Å²) in [5, 5.41) is 1.06. The van der Waals surface area contributed by atoms with Gasteiger partial charge in [0, 0.05) is 41.8 Å². The van der Waals surface area contributed by atoms with E-state index in [2.05, 4.69) is 9.47 Å². The lowest BCUT2D eigenvalue weighted by atomic mass is 9.76. The Kier molecular flexibility index (Phi) is 4.84. The number of aryl methyl sites for hydroxylation is 1. The molecule has 2 heterocycles. The van der Waals surface area contributed by atoms with Crippen LogP contribution in [0.25, 0.3) is 10.9 Å². The van der Waals surface area contributed by atoms with Gasteiger partial charge in [0.25, 0.3) is 5.91 Å². The Morgan fingerprint density at radius 3 is 2.93 bits per heavy atom. The Morgan fingerprint density at radius 1 is 1.17 bits per heavy atom. The van der Waals surface area contributed by atoms with E-state index in [1.54, 1.807) is 0 Å². The molecule has 1 saturated heterocycles. The van der Waals surface area contributed by atoms with Crippen molar-refractivity contribution in [2.45, 2.75) is 58.0 Å². The molecule has 5 rings (SSSR count). The number of amides is 1. The minimum atomic E-state index is -0.174. The van der Waals surface area contributed by atoms with Crippen LogP contribution in [0.3, 0.4) is 0 Å². The molecular weight excluding hydrogens is 364 g/mol. The minimum absolute atomic E-state index is 0.174. The van der Waals surface area contributed by atoms with Gasteiger partial charge in [0.05, 0.1) is 13.0 Å². The summed E-state index contributed by atoms with van der Waals surface area (Å²) >= 11 is 0. The first kappa shape index (κ1) is 18.7. The zero-order valence-electron chi connectivity index (χ0n) is 17.2. The summed E-state index contributed by atoms with van der Waals surface area (Å²) in [6.07, 6.45) is 8.82. The van der Waals surface area contributed by atoms with Crippen LogP contribution >= 0.6 is 0 Å². The Bertz CT molecular complexity index is 931. The first-order valence-corrected chi connectivity index (χ1v) is 11.2. The number of rotatable bonds is 5. The van der Waals surface area contributed by atoms with Crippen molar-refractivity contribution in [3.63, 3.8) is 0 Å². The number of hydrogen-bond donors (Lipinski definition) is 0. The van der Waals surface area contributed by atoms with Gasteiger partial charge in [-0.05, 0) is 68.2 Å². The van der Waals surface area contributed by atoms with Crippen molar-refractivity contribution in [2.75, 3.05) is 13.2 Å². The van der Waals surface area contributed by atoms with Crippen molar-refractivity contribution in [1.82, 2.24) is 9.47 Å². The summed E-state index contributed by atoms with van der Waals surface area (Å²) < 4.78 is 7.09. The van der Waals surface area contributed by atoms with Crippen molar-refractivity contribution in [2.24, 2.45) is 17.8 Å². The molecule has 3 aliphatic rings. The van der Waals surface area contributed by atoms with Gasteiger partial charge in [-0.1, -0.05) is 12.8 Å². The number of nitrogens with zero attached hydrogens (tertiary/aromatic N) is 2. The number of benzene rings is 1. The van der Waals surface area contributed by atoms with Crippen LogP contribution in [-0.2, 0) is 16.1 Å². The number of carbonyl (C=O) groups excluding carboxylic acids is 2. The van der Waals surface area contributed by atoms with Gasteiger partial charge >= 0.3 is 5.97 Å². The van der Waals surface area contributed by atoms with Gasteiger partial charge in [0.2, 0.25) is 0 Å². The van der Waals surface area contributed by atoms with Crippen LogP contribution in [0.2, 0.25) is 0 Å². The molecule has 1 amide bonds. The molecule has 2 aliphatic carbocycles. The summed E-state index contributed by atoms with van der Waals surface area (Å²) in [5.41, 5.74) is 1.85. The highest BCUT2D eigenvalue weighted by atomic mass is 16.5. The number of fused-ring (bicyclic) bond motifs is 2. The molecule has 2 saturated carbocycles. The molecule has 0 N–H and O–H groups in total. The monoisotopic (exact) mass is 394 g/mol. The lowest BCUT2D eigenvalue weighted by molar-refractivity contribution is -0.143. The Balaban J connectivity index is 1.34. The molecule has 3 fully saturated rings. The number of aromatic nitrogens is 1. The van der Waals surface area contributed by atoms with Crippen molar-refractivity contribution in [3.05, 3.63) is 36.0 Å². The van der Waals surface area contributed by atoms with Crippen LogP contribution in [0.4, 0.5) is 0 Å². The highest BCUT2D eigenvalue weighted by Crippen LogP contribution is 2.50. The van der Waals surface area contributed by atoms with Crippen LogP contribution < -0.4 is 0 Å². The van der Waals surface area contributed by atoms with Crippen LogP contribution in [0, 0.1) is 17.8 Å². The predicted molar refractivity (Wildman–Crippen MR) is 112 cm³/mol. The van der Waals surface area contributed by atoms with Crippen LogP contribution in [0.5, 0.6) is 0 Å². The zero-order valence-corrected chi connectivity index (χ0v) is 17.2. The van der Waals surface area contributed by atoms with E-state index >= 15 is 0 Å².